The van der Waals surface area contributed by atoms with Crippen molar-refractivity contribution in [2.24, 2.45) is 0 Å². The standard InChI is InChI=1S/C23H21NO4/c1-16-8-9-19(23(26)27-2)14-21(16)24-22(25)18-10-12-20(13-11-18)28-15-17-6-4-3-5-7-17/h3-14H,15H2,1-2H3,(H,24,25). The van der Waals surface area contributed by atoms with E-state index in [2.05, 4.69) is 5.32 Å². The molecule has 1 amide bonds. The van der Waals surface area contributed by atoms with Crippen molar-refractivity contribution in [1.82, 2.24) is 0 Å². The summed E-state index contributed by atoms with van der Waals surface area (Å²) in [5, 5.41) is 2.84. The molecule has 3 rings (SSSR count). The van der Waals surface area contributed by atoms with Crippen molar-refractivity contribution in [1.29, 1.82) is 0 Å². The maximum Gasteiger partial charge on any atom is 0.337 e. The Bertz CT molecular complexity index is 966. The van der Waals surface area contributed by atoms with Crippen molar-refractivity contribution in [3.63, 3.8) is 0 Å². The second kappa shape index (κ2) is 8.86. The number of benzene rings is 3. The Morgan fingerprint density at radius 2 is 1.57 bits per heavy atom. The van der Waals surface area contributed by atoms with E-state index in [1.54, 1.807) is 42.5 Å². The predicted octanol–water partition coefficient (Wildman–Crippen LogP) is 4.61. The number of esters is 1. The molecule has 0 fully saturated rings. The van der Waals surface area contributed by atoms with Crippen LogP contribution < -0.4 is 10.1 Å². The van der Waals surface area contributed by atoms with Crippen LogP contribution in [0.25, 0.3) is 0 Å². The monoisotopic (exact) mass is 375 g/mol. The SMILES string of the molecule is COC(=O)c1ccc(C)c(NC(=O)c2ccc(OCc3ccccc3)cc2)c1. The minimum atomic E-state index is -0.449. The largest absolute Gasteiger partial charge is 0.489 e. The van der Waals surface area contributed by atoms with E-state index in [1.165, 1.54) is 7.11 Å². The maximum absolute atomic E-state index is 12.5. The molecule has 0 saturated carbocycles. The highest BCUT2D eigenvalue weighted by Crippen LogP contribution is 2.20. The Morgan fingerprint density at radius 1 is 0.893 bits per heavy atom. The van der Waals surface area contributed by atoms with E-state index in [-0.39, 0.29) is 5.91 Å². The van der Waals surface area contributed by atoms with Gasteiger partial charge in [0.15, 0.2) is 0 Å². The molecule has 3 aromatic rings. The molecule has 0 radical (unpaired) electrons. The minimum absolute atomic E-state index is 0.264. The summed E-state index contributed by atoms with van der Waals surface area (Å²) < 4.78 is 10.5. The molecule has 0 saturated heterocycles. The van der Waals surface area contributed by atoms with Gasteiger partial charge in [0.1, 0.15) is 12.4 Å². The maximum atomic E-state index is 12.5. The lowest BCUT2D eigenvalue weighted by molar-refractivity contribution is 0.0600. The lowest BCUT2D eigenvalue weighted by atomic mass is 10.1. The Morgan fingerprint density at radius 3 is 2.25 bits per heavy atom. The van der Waals surface area contributed by atoms with Gasteiger partial charge in [-0.15, -0.1) is 0 Å². The number of hydrogen-bond acceptors (Lipinski definition) is 4. The van der Waals surface area contributed by atoms with Crippen LogP contribution in [-0.4, -0.2) is 19.0 Å². The van der Waals surface area contributed by atoms with Crippen molar-refractivity contribution in [2.75, 3.05) is 12.4 Å². The van der Waals surface area contributed by atoms with Crippen LogP contribution in [0.5, 0.6) is 5.75 Å². The number of carbonyl (C=O) groups is 2. The molecule has 0 heterocycles. The first kappa shape index (κ1) is 19.2. The Hall–Kier alpha value is -3.60. The molecule has 3 aromatic carbocycles. The Kier molecular flexibility index (Phi) is 6.07. The average Bonchev–Trinajstić information content (AvgIpc) is 2.74. The van der Waals surface area contributed by atoms with Gasteiger partial charge in [0, 0.05) is 11.3 Å². The van der Waals surface area contributed by atoms with Gasteiger partial charge in [0.05, 0.1) is 12.7 Å². The lowest BCUT2D eigenvalue weighted by Crippen LogP contribution is -2.13. The molecule has 0 aliphatic rings. The fraction of sp³-hybridized carbons (Fsp3) is 0.130. The van der Waals surface area contributed by atoms with Crippen LogP contribution in [0.1, 0.15) is 31.8 Å². The summed E-state index contributed by atoms with van der Waals surface area (Å²) in [6.45, 7) is 2.32. The molecule has 142 valence electrons. The summed E-state index contributed by atoms with van der Waals surface area (Å²) in [5.41, 5.74) is 3.37. The van der Waals surface area contributed by atoms with Crippen molar-refractivity contribution in [2.45, 2.75) is 13.5 Å². The lowest BCUT2D eigenvalue weighted by Gasteiger charge is -2.11. The number of nitrogens with one attached hydrogen (secondary N) is 1. The third-order valence-electron chi connectivity index (χ3n) is 4.27. The topological polar surface area (TPSA) is 64.6 Å². The molecule has 1 N–H and O–H groups in total. The van der Waals surface area contributed by atoms with Gasteiger partial charge in [-0.3, -0.25) is 4.79 Å². The van der Waals surface area contributed by atoms with Gasteiger partial charge in [-0.25, -0.2) is 4.79 Å². The molecule has 0 atom stereocenters. The average molecular weight is 375 g/mol. The van der Waals surface area contributed by atoms with Gasteiger partial charge in [-0.05, 0) is 54.4 Å². The summed E-state index contributed by atoms with van der Waals surface area (Å²) in [6, 6.07) is 21.8. The van der Waals surface area contributed by atoms with Gasteiger partial charge in [-0.2, -0.15) is 0 Å². The number of ether oxygens (including phenoxy) is 2. The number of rotatable bonds is 6. The summed E-state index contributed by atoms with van der Waals surface area (Å²) in [4.78, 5) is 24.2. The van der Waals surface area contributed by atoms with E-state index >= 15 is 0 Å². The zero-order valence-corrected chi connectivity index (χ0v) is 15.8. The zero-order chi connectivity index (χ0) is 19.9. The predicted molar refractivity (Wildman–Crippen MR) is 108 cm³/mol. The normalized spacial score (nSPS) is 10.2. The molecule has 0 bridgehead atoms. The summed E-state index contributed by atoms with van der Waals surface area (Å²) in [7, 11) is 1.32. The molecule has 5 heteroatoms. The van der Waals surface area contributed by atoms with Crippen LogP contribution >= 0.6 is 0 Å². The molecular formula is C23H21NO4. The van der Waals surface area contributed by atoms with Gasteiger partial charge in [0.2, 0.25) is 0 Å². The molecule has 5 nitrogen and oxygen atoms in total. The van der Waals surface area contributed by atoms with E-state index < -0.39 is 5.97 Å². The van der Waals surface area contributed by atoms with Crippen LogP contribution in [0.4, 0.5) is 5.69 Å². The number of methoxy groups -OCH3 is 1. The Labute approximate surface area is 163 Å². The van der Waals surface area contributed by atoms with E-state index in [4.69, 9.17) is 9.47 Å². The van der Waals surface area contributed by atoms with Gasteiger partial charge < -0.3 is 14.8 Å². The quantitative estimate of drug-likeness (QED) is 0.639. The van der Waals surface area contributed by atoms with Crippen LogP contribution in [0.2, 0.25) is 0 Å². The van der Waals surface area contributed by atoms with Crippen molar-refractivity contribution >= 4 is 17.6 Å². The fourth-order valence-electron chi connectivity index (χ4n) is 2.64. The Balaban J connectivity index is 1.65. The number of carbonyl (C=O) groups excluding carboxylic acids is 2. The second-order valence-corrected chi connectivity index (χ2v) is 6.27. The minimum Gasteiger partial charge on any atom is -0.489 e. The molecule has 0 spiro atoms. The molecule has 0 aliphatic heterocycles. The van der Waals surface area contributed by atoms with Crippen molar-refractivity contribution < 1.29 is 19.1 Å². The first-order chi connectivity index (χ1) is 13.6. The van der Waals surface area contributed by atoms with Crippen LogP contribution in [-0.2, 0) is 11.3 Å². The number of aryl methyl sites for hydroxylation is 1. The summed E-state index contributed by atoms with van der Waals surface area (Å²) >= 11 is 0. The third-order valence-corrected chi connectivity index (χ3v) is 4.27. The van der Waals surface area contributed by atoms with E-state index in [0.29, 0.717) is 29.2 Å². The van der Waals surface area contributed by atoms with Crippen LogP contribution in [0.15, 0.2) is 72.8 Å². The fourth-order valence-corrected chi connectivity index (χ4v) is 2.64. The highest BCUT2D eigenvalue weighted by Gasteiger charge is 2.12. The van der Waals surface area contributed by atoms with Crippen molar-refractivity contribution in [3.8, 4) is 5.75 Å². The molecule has 28 heavy (non-hydrogen) atoms. The summed E-state index contributed by atoms with van der Waals surface area (Å²) in [6.07, 6.45) is 0. The molecular weight excluding hydrogens is 354 g/mol. The van der Waals surface area contributed by atoms with Crippen molar-refractivity contribution in [3.05, 3.63) is 95.1 Å². The van der Waals surface area contributed by atoms with Crippen LogP contribution in [0.3, 0.4) is 0 Å². The van der Waals surface area contributed by atoms with E-state index in [0.717, 1.165) is 11.1 Å². The van der Waals surface area contributed by atoms with Gasteiger partial charge >= 0.3 is 5.97 Å². The van der Waals surface area contributed by atoms with Crippen LogP contribution in [0, 0.1) is 6.92 Å². The van der Waals surface area contributed by atoms with E-state index in [1.807, 2.05) is 37.3 Å². The second-order valence-electron chi connectivity index (χ2n) is 6.27. The first-order valence-corrected chi connectivity index (χ1v) is 8.84. The van der Waals surface area contributed by atoms with Gasteiger partial charge in [-0.1, -0.05) is 36.4 Å². The number of anilines is 1. The molecule has 0 aliphatic carbocycles. The smallest absolute Gasteiger partial charge is 0.337 e. The zero-order valence-electron chi connectivity index (χ0n) is 15.8. The first-order valence-electron chi connectivity index (χ1n) is 8.84. The third kappa shape index (κ3) is 4.76. The summed E-state index contributed by atoms with van der Waals surface area (Å²) in [5.74, 6) is -0.0283. The molecule has 0 aromatic heterocycles. The highest BCUT2D eigenvalue weighted by molar-refractivity contribution is 6.05. The highest BCUT2D eigenvalue weighted by atomic mass is 16.5. The van der Waals surface area contributed by atoms with Gasteiger partial charge in [0.25, 0.3) is 5.91 Å². The van der Waals surface area contributed by atoms with E-state index in [9.17, 15) is 9.59 Å². The number of amides is 1. The molecule has 0 unspecified atom stereocenters. The number of hydrogen-bond donors (Lipinski definition) is 1.